The van der Waals surface area contributed by atoms with Crippen molar-refractivity contribution in [2.75, 3.05) is 0 Å². The Labute approximate surface area is 132 Å². The number of aryl methyl sites for hydroxylation is 1. The summed E-state index contributed by atoms with van der Waals surface area (Å²) in [5.41, 5.74) is 1.99. The lowest BCUT2D eigenvalue weighted by Crippen LogP contribution is -2.26. The van der Waals surface area contributed by atoms with Crippen LogP contribution in [0.15, 0.2) is 39.6 Å². The molecule has 0 amide bonds. The Bertz CT molecular complexity index is 708. The van der Waals surface area contributed by atoms with E-state index >= 15 is 0 Å². The number of carbonyl (C=O) groups excluding carboxylic acids is 1. The second-order valence-corrected chi connectivity index (χ2v) is 5.72. The Morgan fingerprint density at radius 1 is 1.24 bits per heavy atom. The Morgan fingerprint density at radius 2 is 1.90 bits per heavy atom. The van der Waals surface area contributed by atoms with E-state index in [0.717, 1.165) is 10.2 Å². The number of hydrogen-bond donors (Lipinski definition) is 0. The van der Waals surface area contributed by atoms with Crippen LogP contribution in [0.2, 0.25) is 0 Å². The highest BCUT2D eigenvalue weighted by atomic mass is 79.9. The first kappa shape index (κ1) is 15.6. The van der Waals surface area contributed by atoms with Crippen molar-refractivity contribution in [3.8, 4) is 0 Å². The van der Waals surface area contributed by atoms with Crippen molar-refractivity contribution >= 4 is 21.7 Å². The molecule has 0 aliphatic rings. The van der Waals surface area contributed by atoms with Crippen LogP contribution < -0.4 is 5.69 Å². The van der Waals surface area contributed by atoms with Crippen LogP contribution in [0.4, 0.5) is 0 Å². The molecule has 0 aliphatic carbocycles. The first-order valence-corrected chi connectivity index (χ1v) is 7.62. The maximum Gasteiger partial charge on any atom is 0.348 e. The minimum absolute atomic E-state index is 0.0976. The molecule has 2 aromatic rings. The van der Waals surface area contributed by atoms with Gasteiger partial charge in [-0.25, -0.2) is 4.79 Å². The molecule has 0 unspecified atom stereocenters. The molecule has 1 aromatic heterocycles. The van der Waals surface area contributed by atoms with E-state index in [1.807, 2.05) is 37.3 Å². The van der Waals surface area contributed by atoms with Crippen molar-refractivity contribution in [3.05, 3.63) is 62.2 Å². The molecular weight excluding hydrogens is 332 g/mol. The molecule has 21 heavy (non-hydrogen) atoms. The van der Waals surface area contributed by atoms with Gasteiger partial charge < -0.3 is 0 Å². The van der Waals surface area contributed by atoms with Crippen LogP contribution in [-0.4, -0.2) is 15.3 Å². The molecule has 0 aliphatic heterocycles. The zero-order valence-electron chi connectivity index (χ0n) is 12.1. The molecule has 4 nitrogen and oxygen atoms in total. The fraction of sp³-hybridized carbons (Fsp3) is 0.312. The predicted molar refractivity (Wildman–Crippen MR) is 85.7 cm³/mol. The Kier molecular flexibility index (Phi) is 5.07. The molecule has 0 fully saturated rings. The molecule has 0 N–H and O–H groups in total. The molecule has 1 aromatic carbocycles. The van der Waals surface area contributed by atoms with E-state index in [-0.39, 0.29) is 11.5 Å². The lowest BCUT2D eigenvalue weighted by molar-refractivity contribution is 0.0978. The lowest BCUT2D eigenvalue weighted by Gasteiger charge is -2.11. The summed E-state index contributed by atoms with van der Waals surface area (Å²) in [4.78, 5) is 27.9. The van der Waals surface area contributed by atoms with Gasteiger partial charge in [0.15, 0.2) is 5.78 Å². The summed E-state index contributed by atoms with van der Waals surface area (Å²) in [5, 5.41) is 0. The molecule has 0 saturated heterocycles. The molecule has 0 spiro atoms. The van der Waals surface area contributed by atoms with Gasteiger partial charge in [0.25, 0.3) is 0 Å². The molecule has 2 rings (SSSR count). The van der Waals surface area contributed by atoms with Gasteiger partial charge in [-0.2, -0.15) is 4.98 Å². The number of hydrogen-bond acceptors (Lipinski definition) is 3. The average Bonchev–Trinajstić information content (AvgIpc) is 2.49. The van der Waals surface area contributed by atoms with Crippen LogP contribution in [0.25, 0.3) is 0 Å². The SMILES string of the molecule is Cc1nc(=O)n(CCCC(=O)c2ccccc2)c(C)c1Br. The summed E-state index contributed by atoms with van der Waals surface area (Å²) in [6.07, 6.45) is 1.03. The fourth-order valence-electron chi connectivity index (χ4n) is 2.21. The zero-order valence-corrected chi connectivity index (χ0v) is 13.7. The van der Waals surface area contributed by atoms with E-state index in [0.29, 0.717) is 30.6 Å². The van der Waals surface area contributed by atoms with Crippen molar-refractivity contribution in [1.82, 2.24) is 9.55 Å². The van der Waals surface area contributed by atoms with Gasteiger partial charge in [-0.3, -0.25) is 9.36 Å². The molecule has 0 atom stereocenters. The van der Waals surface area contributed by atoms with Gasteiger partial charge in [-0.1, -0.05) is 30.3 Å². The van der Waals surface area contributed by atoms with Crippen LogP contribution >= 0.6 is 15.9 Å². The third-order valence-corrected chi connectivity index (χ3v) is 4.56. The van der Waals surface area contributed by atoms with Gasteiger partial charge in [0.1, 0.15) is 0 Å². The van der Waals surface area contributed by atoms with Crippen molar-refractivity contribution in [2.24, 2.45) is 0 Å². The van der Waals surface area contributed by atoms with Gasteiger partial charge >= 0.3 is 5.69 Å². The van der Waals surface area contributed by atoms with Crippen LogP contribution in [-0.2, 0) is 6.54 Å². The van der Waals surface area contributed by atoms with Gasteiger partial charge in [-0.05, 0) is 36.2 Å². The summed E-state index contributed by atoms with van der Waals surface area (Å²) in [5.74, 6) is 0.0976. The zero-order chi connectivity index (χ0) is 15.4. The van der Waals surface area contributed by atoms with Crippen LogP contribution in [0.5, 0.6) is 0 Å². The van der Waals surface area contributed by atoms with E-state index in [9.17, 15) is 9.59 Å². The molecule has 5 heteroatoms. The van der Waals surface area contributed by atoms with Crippen LogP contribution in [0.3, 0.4) is 0 Å². The summed E-state index contributed by atoms with van der Waals surface area (Å²) >= 11 is 3.43. The summed E-state index contributed by atoms with van der Waals surface area (Å²) in [6.45, 7) is 4.16. The minimum atomic E-state index is -0.264. The normalized spacial score (nSPS) is 10.6. The molecule has 0 radical (unpaired) electrons. The highest BCUT2D eigenvalue weighted by Crippen LogP contribution is 2.17. The molecule has 110 valence electrons. The van der Waals surface area contributed by atoms with Gasteiger partial charge in [0.05, 0.1) is 10.2 Å². The number of aromatic nitrogens is 2. The number of nitrogens with zero attached hydrogens (tertiary/aromatic N) is 2. The van der Waals surface area contributed by atoms with Crippen molar-refractivity contribution in [2.45, 2.75) is 33.2 Å². The monoisotopic (exact) mass is 348 g/mol. The van der Waals surface area contributed by atoms with Crippen molar-refractivity contribution in [1.29, 1.82) is 0 Å². The number of ketones is 1. The van der Waals surface area contributed by atoms with E-state index < -0.39 is 0 Å². The van der Waals surface area contributed by atoms with Crippen LogP contribution in [0, 0.1) is 13.8 Å². The molecule has 0 bridgehead atoms. The van der Waals surface area contributed by atoms with Gasteiger partial charge in [-0.15, -0.1) is 0 Å². The van der Waals surface area contributed by atoms with Gasteiger partial charge in [0, 0.05) is 24.2 Å². The lowest BCUT2D eigenvalue weighted by atomic mass is 10.1. The topological polar surface area (TPSA) is 52.0 Å². The number of benzene rings is 1. The Hall–Kier alpha value is -1.75. The first-order chi connectivity index (χ1) is 10.0. The number of rotatable bonds is 5. The molecular formula is C16H17BrN2O2. The molecule has 0 saturated carbocycles. The standard InChI is InChI=1S/C16H17BrN2O2/c1-11-15(17)12(2)19(16(21)18-11)10-6-9-14(20)13-7-4-3-5-8-13/h3-5,7-8H,6,9-10H2,1-2H3. The average molecular weight is 349 g/mol. The number of halogens is 1. The van der Waals surface area contributed by atoms with Crippen molar-refractivity contribution in [3.63, 3.8) is 0 Å². The second-order valence-electron chi connectivity index (χ2n) is 4.92. The Morgan fingerprint density at radius 3 is 2.57 bits per heavy atom. The van der Waals surface area contributed by atoms with Crippen molar-refractivity contribution < 1.29 is 4.79 Å². The number of carbonyl (C=O) groups is 1. The second kappa shape index (κ2) is 6.80. The highest BCUT2D eigenvalue weighted by Gasteiger charge is 2.10. The fourth-order valence-corrected chi connectivity index (χ4v) is 2.51. The third kappa shape index (κ3) is 3.67. The number of Topliss-reactive ketones (excluding diaryl/α,β-unsaturated/α-hetero) is 1. The highest BCUT2D eigenvalue weighted by molar-refractivity contribution is 9.10. The van der Waals surface area contributed by atoms with Crippen LogP contribution in [0.1, 0.15) is 34.6 Å². The van der Waals surface area contributed by atoms with Gasteiger partial charge in [0.2, 0.25) is 0 Å². The van der Waals surface area contributed by atoms with E-state index in [2.05, 4.69) is 20.9 Å². The smallest absolute Gasteiger partial charge is 0.295 e. The Balaban J connectivity index is 2.03. The first-order valence-electron chi connectivity index (χ1n) is 6.82. The maximum absolute atomic E-state index is 12.0. The van der Waals surface area contributed by atoms with E-state index in [4.69, 9.17) is 0 Å². The summed E-state index contributed by atoms with van der Waals surface area (Å²) < 4.78 is 2.45. The predicted octanol–water partition coefficient (Wildman–Crippen LogP) is 3.29. The third-order valence-electron chi connectivity index (χ3n) is 3.42. The quantitative estimate of drug-likeness (QED) is 0.779. The summed E-state index contributed by atoms with van der Waals surface area (Å²) in [6, 6.07) is 9.20. The van der Waals surface area contributed by atoms with E-state index in [1.165, 1.54) is 0 Å². The molecule has 1 heterocycles. The van der Waals surface area contributed by atoms with E-state index in [1.54, 1.807) is 11.5 Å². The maximum atomic E-state index is 12.0. The largest absolute Gasteiger partial charge is 0.348 e. The minimum Gasteiger partial charge on any atom is -0.295 e. The summed E-state index contributed by atoms with van der Waals surface area (Å²) in [7, 11) is 0.